The average molecular weight is 268 g/mol. The van der Waals surface area contributed by atoms with Gasteiger partial charge in [-0.3, -0.25) is 0 Å². The molecule has 3 rings (SSSR count). The van der Waals surface area contributed by atoms with Crippen molar-refractivity contribution in [1.29, 1.82) is 5.26 Å². The molecule has 96 valence electrons. The van der Waals surface area contributed by atoms with Gasteiger partial charge >= 0.3 is 0 Å². The summed E-state index contributed by atoms with van der Waals surface area (Å²) in [4.78, 5) is 2.39. The third-order valence-corrected chi connectivity index (χ3v) is 4.23. The first-order valence-electron chi connectivity index (χ1n) is 6.56. The standard InChI is InChI=1S/C16H16N2S/c1-12-2-5-16(14(8-12)9-17)18(15-3-4-15)10-13-6-7-19-11-13/h2,5-8,11,15H,3-4,10H2,1H3. The lowest BCUT2D eigenvalue weighted by Crippen LogP contribution is -2.25. The molecule has 0 radical (unpaired) electrons. The van der Waals surface area contributed by atoms with Crippen LogP contribution in [0, 0.1) is 18.3 Å². The van der Waals surface area contributed by atoms with E-state index in [4.69, 9.17) is 0 Å². The van der Waals surface area contributed by atoms with Crippen LogP contribution in [-0.4, -0.2) is 6.04 Å². The van der Waals surface area contributed by atoms with Gasteiger partial charge in [-0.05, 0) is 59.9 Å². The number of aryl methyl sites for hydroxylation is 1. The van der Waals surface area contributed by atoms with Crippen LogP contribution in [0.25, 0.3) is 0 Å². The molecule has 0 spiro atoms. The van der Waals surface area contributed by atoms with Gasteiger partial charge < -0.3 is 4.90 Å². The zero-order valence-corrected chi connectivity index (χ0v) is 11.8. The van der Waals surface area contributed by atoms with Crippen molar-refractivity contribution >= 4 is 17.0 Å². The molecule has 2 nitrogen and oxygen atoms in total. The van der Waals surface area contributed by atoms with E-state index in [-0.39, 0.29) is 0 Å². The first kappa shape index (κ1) is 12.3. The number of anilines is 1. The van der Waals surface area contributed by atoms with E-state index in [1.807, 2.05) is 13.0 Å². The van der Waals surface area contributed by atoms with Gasteiger partial charge in [-0.1, -0.05) is 6.07 Å². The Hall–Kier alpha value is -1.79. The predicted octanol–water partition coefficient (Wildman–Crippen LogP) is 4.10. The van der Waals surface area contributed by atoms with Gasteiger partial charge in [0.15, 0.2) is 0 Å². The van der Waals surface area contributed by atoms with Gasteiger partial charge in [-0.15, -0.1) is 0 Å². The molecule has 0 bridgehead atoms. The van der Waals surface area contributed by atoms with Crippen LogP contribution in [0.15, 0.2) is 35.0 Å². The van der Waals surface area contributed by atoms with E-state index >= 15 is 0 Å². The third-order valence-electron chi connectivity index (χ3n) is 3.50. The second-order valence-corrected chi connectivity index (χ2v) is 5.90. The molecule has 1 heterocycles. The maximum absolute atomic E-state index is 9.35. The van der Waals surface area contributed by atoms with Gasteiger partial charge in [0, 0.05) is 12.6 Å². The highest BCUT2D eigenvalue weighted by Crippen LogP contribution is 2.35. The second kappa shape index (κ2) is 5.07. The van der Waals surface area contributed by atoms with E-state index in [1.54, 1.807) is 11.3 Å². The fourth-order valence-electron chi connectivity index (χ4n) is 2.37. The Bertz CT molecular complexity index is 606. The molecule has 19 heavy (non-hydrogen) atoms. The molecule has 1 aromatic heterocycles. The maximum atomic E-state index is 9.35. The molecule has 1 aromatic carbocycles. The minimum absolute atomic E-state index is 0.606. The normalized spacial score (nSPS) is 14.1. The van der Waals surface area contributed by atoms with Crippen molar-refractivity contribution in [3.63, 3.8) is 0 Å². The number of rotatable bonds is 4. The highest BCUT2D eigenvalue weighted by molar-refractivity contribution is 7.07. The number of hydrogen-bond donors (Lipinski definition) is 0. The number of nitriles is 1. The Kier molecular flexibility index (Phi) is 3.27. The fraction of sp³-hybridized carbons (Fsp3) is 0.312. The second-order valence-electron chi connectivity index (χ2n) is 5.12. The van der Waals surface area contributed by atoms with Crippen molar-refractivity contribution in [3.8, 4) is 6.07 Å². The molecule has 1 saturated carbocycles. The van der Waals surface area contributed by atoms with Gasteiger partial charge in [0.1, 0.15) is 6.07 Å². The number of benzene rings is 1. The van der Waals surface area contributed by atoms with E-state index in [1.165, 1.54) is 18.4 Å². The van der Waals surface area contributed by atoms with Crippen LogP contribution < -0.4 is 4.90 Å². The number of thiophene rings is 1. The molecule has 0 aliphatic heterocycles. The maximum Gasteiger partial charge on any atom is 0.101 e. The quantitative estimate of drug-likeness (QED) is 0.834. The van der Waals surface area contributed by atoms with E-state index in [0.29, 0.717) is 6.04 Å². The van der Waals surface area contributed by atoms with Crippen LogP contribution in [0.2, 0.25) is 0 Å². The fourth-order valence-corrected chi connectivity index (χ4v) is 3.03. The summed E-state index contributed by atoms with van der Waals surface area (Å²) < 4.78 is 0. The van der Waals surface area contributed by atoms with Crippen LogP contribution >= 0.6 is 11.3 Å². The van der Waals surface area contributed by atoms with E-state index in [2.05, 4.69) is 39.9 Å². The van der Waals surface area contributed by atoms with Crippen LogP contribution in [0.5, 0.6) is 0 Å². The lowest BCUT2D eigenvalue weighted by molar-refractivity contribution is 0.795. The zero-order valence-electron chi connectivity index (χ0n) is 11.0. The minimum atomic E-state index is 0.606. The first-order valence-corrected chi connectivity index (χ1v) is 7.50. The summed E-state index contributed by atoms with van der Waals surface area (Å²) in [6.45, 7) is 2.94. The van der Waals surface area contributed by atoms with Crippen molar-refractivity contribution in [3.05, 3.63) is 51.7 Å². The molecule has 1 aliphatic rings. The SMILES string of the molecule is Cc1ccc(N(Cc2ccsc2)C2CC2)c(C#N)c1. The van der Waals surface area contributed by atoms with Crippen molar-refractivity contribution in [2.45, 2.75) is 32.4 Å². The number of hydrogen-bond acceptors (Lipinski definition) is 3. The van der Waals surface area contributed by atoms with Gasteiger partial charge in [-0.2, -0.15) is 16.6 Å². The summed E-state index contributed by atoms with van der Waals surface area (Å²) in [6, 6.07) is 11.3. The lowest BCUT2D eigenvalue weighted by atomic mass is 10.1. The van der Waals surface area contributed by atoms with Gasteiger partial charge in [0.2, 0.25) is 0 Å². The average Bonchev–Trinajstić information content (AvgIpc) is 3.13. The molecular formula is C16H16N2S. The summed E-state index contributed by atoms with van der Waals surface area (Å²) >= 11 is 1.73. The lowest BCUT2D eigenvalue weighted by Gasteiger charge is -2.25. The Morgan fingerprint density at radius 2 is 2.21 bits per heavy atom. The van der Waals surface area contributed by atoms with Gasteiger partial charge in [0.25, 0.3) is 0 Å². The number of nitrogens with zero attached hydrogens (tertiary/aromatic N) is 2. The smallest absolute Gasteiger partial charge is 0.101 e. The molecule has 0 unspecified atom stereocenters. The highest BCUT2D eigenvalue weighted by atomic mass is 32.1. The van der Waals surface area contributed by atoms with Gasteiger partial charge in [-0.25, -0.2) is 0 Å². The van der Waals surface area contributed by atoms with Crippen LogP contribution in [0.1, 0.15) is 29.5 Å². The van der Waals surface area contributed by atoms with Crippen molar-refractivity contribution in [1.82, 2.24) is 0 Å². The Morgan fingerprint density at radius 1 is 1.37 bits per heavy atom. The Morgan fingerprint density at radius 3 is 2.84 bits per heavy atom. The molecule has 3 heteroatoms. The van der Waals surface area contributed by atoms with Crippen LogP contribution in [0.3, 0.4) is 0 Å². The summed E-state index contributed by atoms with van der Waals surface area (Å²) in [7, 11) is 0. The molecule has 2 aromatic rings. The molecule has 0 saturated heterocycles. The summed E-state index contributed by atoms with van der Waals surface area (Å²) in [5, 5.41) is 13.6. The first-order chi connectivity index (χ1) is 9.28. The monoisotopic (exact) mass is 268 g/mol. The third kappa shape index (κ3) is 2.64. The Labute approximate surface area is 117 Å². The molecule has 0 N–H and O–H groups in total. The zero-order chi connectivity index (χ0) is 13.2. The predicted molar refractivity (Wildman–Crippen MR) is 79.4 cm³/mol. The van der Waals surface area contributed by atoms with Crippen molar-refractivity contribution in [2.75, 3.05) is 4.90 Å². The minimum Gasteiger partial charge on any atom is -0.363 e. The topological polar surface area (TPSA) is 27.0 Å². The highest BCUT2D eigenvalue weighted by Gasteiger charge is 2.30. The molecule has 0 amide bonds. The van der Waals surface area contributed by atoms with Crippen molar-refractivity contribution in [2.24, 2.45) is 0 Å². The van der Waals surface area contributed by atoms with E-state index < -0.39 is 0 Å². The molecule has 1 aliphatic carbocycles. The van der Waals surface area contributed by atoms with Crippen LogP contribution in [0.4, 0.5) is 5.69 Å². The largest absolute Gasteiger partial charge is 0.363 e. The van der Waals surface area contributed by atoms with Crippen LogP contribution in [-0.2, 0) is 6.54 Å². The molecule has 1 fully saturated rings. The summed E-state index contributed by atoms with van der Waals surface area (Å²) in [6.07, 6.45) is 2.48. The van der Waals surface area contributed by atoms with E-state index in [0.717, 1.165) is 23.4 Å². The Balaban J connectivity index is 1.94. The summed E-state index contributed by atoms with van der Waals surface area (Å²) in [5.41, 5.74) is 4.36. The van der Waals surface area contributed by atoms with Gasteiger partial charge in [0.05, 0.1) is 11.3 Å². The van der Waals surface area contributed by atoms with Crippen molar-refractivity contribution < 1.29 is 0 Å². The van der Waals surface area contributed by atoms with E-state index in [9.17, 15) is 5.26 Å². The summed E-state index contributed by atoms with van der Waals surface area (Å²) in [5.74, 6) is 0. The molecule has 0 atom stereocenters. The molecular weight excluding hydrogens is 252 g/mol.